The largest absolute Gasteiger partial charge is 0.337 e. The average Bonchev–Trinajstić information content (AvgIpc) is 2.38. The van der Waals surface area contributed by atoms with Crippen LogP contribution in [0, 0.1) is 0 Å². The Kier molecular flexibility index (Phi) is 5.34. The van der Waals surface area contributed by atoms with E-state index < -0.39 is 0 Å². The number of hydrogen-bond donors (Lipinski definition) is 0. The second kappa shape index (κ2) is 6.80. The fourth-order valence-corrected chi connectivity index (χ4v) is 3.70. The Hall–Kier alpha value is -0.480. The van der Waals surface area contributed by atoms with Crippen LogP contribution in [0.4, 0.5) is 0 Å². The number of hydrogen-bond acceptors (Lipinski definition) is 2. The number of benzene rings is 1. The van der Waals surface area contributed by atoms with Crippen molar-refractivity contribution in [3.63, 3.8) is 0 Å². The van der Waals surface area contributed by atoms with Crippen molar-refractivity contribution < 1.29 is 4.79 Å². The maximum Gasteiger partial charge on any atom is 0.233 e. The second-order valence-corrected chi connectivity index (χ2v) is 7.14. The molecule has 0 saturated carbocycles. The van der Waals surface area contributed by atoms with Crippen molar-refractivity contribution in [1.82, 2.24) is 4.90 Å². The molecule has 0 N–H and O–H groups in total. The zero-order valence-electron chi connectivity index (χ0n) is 11.4. The van der Waals surface area contributed by atoms with Gasteiger partial charge in [0, 0.05) is 21.5 Å². The van der Waals surface area contributed by atoms with Crippen molar-refractivity contribution in [3.8, 4) is 0 Å². The topological polar surface area (TPSA) is 20.3 Å². The highest BCUT2D eigenvalue weighted by Crippen LogP contribution is 2.25. The molecule has 1 aliphatic rings. The van der Waals surface area contributed by atoms with Crippen LogP contribution in [-0.2, 0) is 4.79 Å². The highest BCUT2D eigenvalue weighted by Gasteiger charge is 2.28. The molecule has 0 bridgehead atoms. The highest BCUT2D eigenvalue weighted by molar-refractivity contribution is 9.10. The van der Waals surface area contributed by atoms with Crippen molar-refractivity contribution >= 4 is 33.6 Å². The number of halogens is 1. The van der Waals surface area contributed by atoms with Crippen LogP contribution < -0.4 is 0 Å². The minimum atomic E-state index is 0.271. The molecule has 0 aromatic heterocycles. The Morgan fingerprint density at radius 1 is 1.26 bits per heavy atom. The minimum absolute atomic E-state index is 0.271. The van der Waals surface area contributed by atoms with Crippen LogP contribution in [0.15, 0.2) is 33.6 Å². The van der Waals surface area contributed by atoms with Gasteiger partial charge >= 0.3 is 0 Å². The third-order valence-corrected chi connectivity index (χ3v) is 5.18. The predicted molar refractivity (Wildman–Crippen MR) is 84.5 cm³/mol. The fraction of sp³-hybridized carbons (Fsp3) is 0.533. The summed E-state index contributed by atoms with van der Waals surface area (Å²) in [4.78, 5) is 15.6. The van der Waals surface area contributed by atoms with Gasteiger partial charge in [-0.3, -0.25) is 4.79 Å². The molecule has 1 amide bonds. The lowest BCUT2D eigenvalue weighted by Gasteiger charge is -2.39. The van der Waals surface area contributed by atoms with Crippen molar-refractivity contribution in [3.05, 3.63) is 28.7 Å². The lowest BCUT2D eigenvalue weighted by atomic mass is 9.98. The van der Waals surface area contributed by atoms with E-state index in [0.29, 0.717) is 17.8 Å². The molecule has 0 spiro atoms. The molecule has 0 radical (unpaired) electrons. The lowest BCUT2D eigenvalue weighted by molar-refractivity contribution is -0.134. The standard InChI is InChI=1S/C15H20BrNOS/c1-11-4-3-5-12(2)17(11)15(18)10-19-14-8-6-13(16)7-9-14/h6-9,11-12H,3-5,10H2,1-2H3/t11-,12+. The van der Waals surface area contributed by atoms with Crippen LogP contribution in [0.2, 0.25) is 0 Å². The predicted octanol–water partition coefficient (Wildman–Crippen LogP) is 4.33. The summed E-state index contributed by atoms with van der Waals surface area (Å²) in [5.41, 5.74) is 0. The van der Waals surface area contributed by atoms with Gasteiger partial charge in [-0.05, 0) is 57.4 Å². The van der Waals surface area contributed by atoms with E-state index in [0.717, 1.165) is 22.2 Å². The third kappa shape index (κ3) is 3.99. The number of rotatable bonds is 3. The van der Waals surface area contributed by atoms with Gasteiger partial charge in [-0.2, -0.15) is 0 Å². The Morgan fingerprint density at radius 2 is 1.84 bits per heavy atom. The van der Waals surface area contributed by atoms with Gasteiger partial charge in [-0.15, -0.1) is 11.8 Å². The molecule has 1 aromatic carbocycles. The van der Waals surface area contributed by atoms with Crippen molar-refractivity contribution in [2.24, 2.45) is 0 Å². The number of piperidine rings is 1. The number of thioether (sulfide) groups is 1. The van der Waals surface area contributed by atoms with Gasteiger partial charge in [0.1, 0.15) is 0 Å². The molecule has 1 aliphatic heterocycles. The Balaban J connectivity index is 1.91. The van der Waals surface area contributed by atoms with Crippen LogP contribution in [0.3, 0.4) is 0 Å². The quantitative estimate of drug-likeness (QED) is 0.762. The third-order valence-electron chi connectivity index (χ3n) is 3.66. The van der Waals surface area contributed by atoms with Gasteiger partial charge in [0.05, 0.1) is 5.75 Å². The summed E-state index contributed by atoms with van der Waals surface area (Å²) in [5.74, 6) is 0.809. The molecule has 4 heteroatoms. The molecular weight excluding hydrogens is 322 g/mol. The zero-order chi connectivity index (χ0) is 13.8. The smallest absolute Gasteiger partial charge is 0.233 e. The van der Waals surface area contributed by atoms with E-state index >= 15 is 0 Å². The first-order valence-electron chi connectivity index (χ1n) is 6.77. The molecule has 0 unspecified atom stereocenters. The van der Waals surface area contributed by atoms with Gasteiger partial charge in [-0.25, -0.2) is 0 Å². The van der Waals surface area contributed by atoms with Crippen LogP contribution in [0.5, 0.6) is 0 Å². The van der Waals surface area contributed by atoms with Crippen molar-refractivity contribution in [1.29, 1.82) is 0 Å². The summed E-state index contributed by atoms with van der Waals surface area (Å²) in [5, 5.41) is 0. The maximum absolute atomic E-state index is 12.4. The monoisotopic (exact) mass is 341 g/mol. The van der Waals surface area contributed by atoms with Crippen LogP contribution >= 0.6 is 27.7 Å². The summed E-state index contributed by atoms with van der Waals surface area (Å²) in [6, 6.07) is 8.90. The highest BCUT2D eigenvalue weighted by atomic mass is 79.9. The van der Waals surface area contributed by atoms with E-state index in [9.17, 15) is 4.79 Å². The van der Waals surface area contributed by atoms with E-state index in [1.807, 2.05) is 24.3 Å². The van der Waals surface area contributed by atoms with Gasteiger partial charge in [0.15, 0.2) is 0 Å². The van der Waals surface area contributed by atoms with Gasteiger partial charge in [-0.1, -0.05) is 15.9 Å². The van der Waals surface area contributed by atoms with Crippen LogP contribution in [-0.4, -0.2) is 28.6 Å². The first kappa shape index (κ1) is 14.9. The van der Waals surface area contributed by atoms with E-state index in [2.05, 4.69) is 34.7 Å². The molecule has 1 fully saturated rings. The van der Waals surface area contributed by atoms with Crippen molar-refractivity contribution in [2.75, 3.05) is 5.75 Å². The molecule has 2 rings (SSSR count). The number of amides is 1. The summed E-state index contributed by atoms with van der Waals surface area (Å²) < 4.78 is 1.07. The molecule has 2 nitrogen and oxygen atoms in total. The number of carbonyl (C=O) groups is 1. The van der Waals surface area contributed by atoms with Crippen LogP contribution in [0.1, 0.15) is 33.1 Å². The zero-order valence-corrected chi connectivity index (χ0v) is 13.8. The van der Waals surface area contributed by atoms with E-state index in [1.54, 1.807) is 11.8 Å². The minimum Gasteiger partial charge on any atom is -0.337 e. The van der Waals surface area contributed by atoms with Gasteiger partial charge < -0.3 is 4.90 Å². The number of carbonyl (C=O) groups excluding carboxylic acids is 1. The van der Waals surface area contributed by atoms with Gasteiger partial charge in [0.2, 0.25) is 5.91 Å². The first-order chi connectivity index (χ1) is 9.08. The Bertz CT molecular complexity index is 424. The molecule has 104 valence electrons. The molecule has 1 saturated heterocycles. The van der Waals surface area contributed by atoms with E-state index in [4.69, 9.17) is 0 Å². The molecule has 1 heterocycles. The number of nitrogens with zero attached hydrogens (tertiary/aromatic N) is 1. The molecule has 19 heavy (non-hydrogen) atoms. The van der Waals surface area contributed by atoms with E-state index in [1.165, 1.54) is 6.42 Å². The van der Waals surface area contributed by atoms with Crippen molar-refractivity contribution in [2.45, 2.75) is 50.1 Å². The Morgan fingerprint density at radius 3 is 2.42 bits per heavy atom. The van der Waals surface area contributed by atoms with E-state index in [-0.39, 0.29) is 5.91 Å². The normalized spacial score (nSPS) is 23.4. The summed E-state index contributed by atoms with van der Waals surface area (Å²) in [6.07, 6.45) is 3.52. The maximum atomic E-state index is 12.4. The fourth-order valence-electron chi connectivity index (χ4n) is 2.66. The summed E-state index contributed by atoms with van der Waals surface area (Å²) >= 11 is 5.04. The lowest BCUT2D eigenvalue weighted by Crippen LogP contribution is -2.48. The first-order valence-corrected chi connectivity index (χ1v) is 8.55. The SMILES string of the molecule is C[C@@H]1CCC[C@H](C)N1C(=O)CSc1ccc(Br)cc1. The molecular formula is C15H20BrNOS. The van der Waals surface area contributed by atoms with Crippen LogP contribution in [0.25, 0.3) is 0 Å². The molecule has 1 aromatic rings. The number of likely N-dealkylation sites (tertiary alicyclic amines) is 1. The van der Waals surface area contributed by atoms with Gasteiger partial charge in [0.25, 0.3) is 0 Å². The average molecular weight is 342 g/mol. The Labute approximate surface area is 128 Å². The molecule has 0 aliphatic carbocycles. The summed E-state index contributed by atoms with van der Waals surface area (Å²) in [7, 11) is 0. The second-order valence-electron chi connectivity index (χ2n) is 5.17. The summed E-state index contributed by atoms with van der Waals surface area (Å²) in [6.45, 7) is 4.33. The molecule has 2 atom stereocenters.